The number of carbonyl (C=O) groups excluding carboxylic acids is 2. The number of carboxylic acid groups (broad SMARTS) is 1. The number of aliphatic hydroxyl groups excluding tert-OH is 3. The molecule has 0 saturated heterocycles. The molecule has 4 unspecified atom stereocenters. The molecule has 0 aliphatic carbocycles. The van der Waals surface area contributed by atoms with Gasteiger partial charge in [0.2, 0.25) is 5.78 Å². The molecule has 0 aliphatic rings. The maximum absolute atomic E-state index is 11.0. The van der Waals surface area contributed by atoms with E-state index in [0.717, 1.165) is 6.92 Å². The zero-order valence-electron chi connectivity index (χ0n) is 9.19. The van der Waals surface area contributed by atoms with Crippen LogP contribution in [0, 0.1) is 0 Å². The second kappa shape index (κ2) is 5.32. The van der Waals surface area contributed by atoms with Crippen molar-refractivity contribution in [1.82, 2.24) is 0 Å². The number of aliphatic hydroxyl groups is 4. The van der Waals surface area contributed by atoms with Gasteiger partial charge in [0, 0.05) is 6.92 Å². The first kappa shape index (κ1) is 15.7. The molecule has 5 N–H and O–H groups in total. The summed E-state index contributed by atoms with van der Waals surface area (Å²) in [6.07, 6.45) is -7.05. The molecule has 0 fully saturated rings. The van der Waals surface area contributed by atoms with Crippen molar-refractivity contribution in [1.29, 1.82) is 0 Å². The van der Waals surface area contributed by atoms with E-state index in [0.29, 0.717) is 6.92 Å². The maximum Gasteiger partial charge on any atom is 0.335 e. The lowest BCUT2D eigenvalue weighted by molar-refractivity contribution is -0.190. The number of Topliss-reactive ketones (excluding diaryl/α,β-unsaturated/α-hetero) is 2. The number of hydrogen-bond donors (Lipinski definition) is 5. The molecule has 0 radical (unpaired) electrons. The highest BCUT2D eigenvalue weighted by Gasteiger charge is 2.47. The van der Waals surface area contributed by atoms with E-state index in [-0.39, 0.29) is 0 Å². The van der Waals surface area contributed by atoms with Crippen LogP contribution in [0.3, 0.4) is 0 Å². The van der Waals surface area contributed by atoms with E-state index in [1.54, 1.807) is 0 Å². The molecular weight excluding hydrogens is 236 g/mol. The lowest BCUT2D eigenvalue weighted by atomic mass is 9.87. The van der Waals surface area contributed by atoms with Gasteiger partial charge in [-0.25, -0.2) is 4.79 Å². The minimum Gasteiger partial charge on any atom is -0.479 e. The Morgan fingerprint density at radius 1 is 1.12 bits per heavy atom. The van der Waals surface area contributed by atoms with Gasteiger partial charge in [0.1, 0.15) is 17.8 Å². The van der Waals surface area contributed by atoms with E-state index in [1.807, 2.05) is 0 Å². The zero-order valence-corrected chi connectivity index (χ0v) is 9.19. The third-order valence-corrected chi connectivity index (χ3v) is 2.30. The molecule has 0 saturated carbocycles. The summed E-state index contributed by atoms with van der Waals surface area (Å²) in [5.41, 5.74) is -2.68. The van der Waals surface area contributed by atoms with Crippen LogP contribution in [0.2, 0.25) is 0 Å². The number of ketones is 2. The first-order chi connectivity index (χ1) is 7.53. The fourth-order valence-corrected chi connectivity index (χ4v) is 1.08. The summed E-state index contributed by atoms with van der Waals surface area (Å²) in [6.45, 7) is 1.55. The van der Waals surface area contributed by atoms with Gasteiger partial charge in [-0.1, -0.05) is 0 Å². The van der Waals surface area contributed by atoms with Crippen LogP contribution in [0.15, 0.2) is 0 Å². The van der Waals surface area contributed by atoms with Gasteiger partial charge in [-0.3, -0.25) is 9.59 Å². The highest BCUT2D eigenvalue weighted by Crippen LogP contribution is 2.19. The molecule has 8 nitrogen and oxygen atoms in total. The second-order valence-corrected chi connectivity index (χ2v) is 3.78. The summed E-state index contributed by atoms with van der Waals surface area (Å²) in [4.78, 5) is 32.1. The molecule has 0 aromatic rings. The number of rotatable bonds is 6. The smallest absolute Gasteiger partial charge is 0.335 e. The molecule has 0 bridgehead atoms. The summed E-state index contributed by atoms with van der Waals surface area (Å²) >= 11 is 0. The molecule has 4 atom stereocenters. The number of carbonyl (C=O) groups is 3. The van der Waals surface area contributed by atoms with Gasteiger partial charge in [-0.15, -0.1) is 0 Å². The van der Waals surface area contributed by atoms with E-state index in [9.17, 15) is 29.7 Å². The normalized spacial score (nSPS) is 19.9. The SMILES string of the molecule is CC(=O)C(=O)C(O)C(O)C(C)(O)C(O)C(=O)O. The quantitative estimate of drug-likeness (QED) is 0.314. The van der Waals surface area contributed by atoms with Crippen molar-refractivity contribution < 1.29 is 39.9 Å². The molecule has 0 amide bonds. The highest BCUT2D eigenvalue weighted by atomic mass is 16.4. The van der Waals surface area contributed by atoms with Crippen LogP contribution in [0.25, 0.3) is 0 Å². The van der Waals surface area contributed by atoms with Crippen LogP contribution < -0.4 is 0 Å². The van der Waals surface area contributed by atoms with E-state index in [1.165, 1.54) is 0 Å². The molecule has 17 heavy (non-hydrogen) atoms. The van der Waals surface area contributed by atoms with Crippen molar-refractivity contribution in [2.45, 2.75) is 37.8 Å². The third-order valence-electron chi connectivity index (χ3n) is 2.30. The van der Waals surface area contributed by atoms with Crippen LogP contribution in [-0.4, -0.2) is 67.0 Å². The minimum absolute atomic E-state index is 0.715. The van der Waals surface area contributed by atoms with Crippen LogP contribution in [-0.2, 0) is 14.4 Å². The topological polar surface area (TPSA) is 152 Å². The first-order valence-electron chi connectivity index (χ1n) is 4.57. The van der Waals surface area contributed by atoms with Gasteiger partial charge < -0.3 is 25.5 Å². The number of aliphatic carboxylic acids is 1. The van der Waals surface area contributed by atoms with Crippen LogP contribution in [0.4, 0.5) is 0 Å². The highest BCUT2D eigenvalue weighted by molar-refractivity contribution is 6.38. The van der Waals surface area contributed by atoms with Gasteiger partial charge in [0.25, 0.3) is 0 Å². The maximum atomic E-state index is 11.0. The fraction of sp³-hybridized carbons (Fsp3) is 0.667. The van der Waals surface area contributed by atoms with Gasteiger partial charge in [-0.2, -0.15) is 0 Å². The standard InChI is InChI=1S/C9H14O8/c1-3(10)4(11)5(12)6(13)9(2,17)7(14)8(15)16/h5-7,12-14,17H,1-2H3,(H,15,16). The summed E-state index contributed by atoms with van der Waals surface area (Å²) in [7, 11) is 0. The Bertz CT molecular complexity index is 334. The third kappa shape index (κ3) is 3.30. The van der Waals surface area contributed by atoms with Crippen molar-refractivity contribution in [3.8, 4) is 0 Å². The van der Waals surface area contributed by atoms with Crippen molar-refractivity contribution in [2.75, 3.05) is 0 Å². The molecular formula is C9H14O8. The Labute approximate surface area is 96.1 Å². The molecule has 0 aromatic carbocycles. The molecule has 0 rings (SSSR count). The Balaban J connectivity index is 5.03. The van der Waals surface area contributed by atoms with Crippen molar-refractivity contribution in [2.24, 2.45) is 0 Å². The zero-order chi connectivity index (χ0) is 14.0. The van der Waals surface area contributed by atoms with Gasteiger partial charge in [-0.05, 0) is 6.92 Å². The lowest BCUT2D eigenvalue weighted by Gasteiger charge is -2.33. The van der Waals surface area contributed by atoms with Crippen molar-refractivity contribution in [3.05, 3.63) is 0 Å². The molecule has 98 valence electrons. The summed E-state index contributed by atoms with van der Waals surface area (Å²) in [6, 6.07) is 0. The molecule has 8 heteroatoms. The number of hydrogen-bond acceptors (Lipinski definition) is 7. The lowest BCUT2D eigenvalue weighted by Crippen LogP contribution is -2.59. The minimum atomic E-state index is -2.68. The number of carboxylic acids is 1. The molecule has 0 heterocycles. The Morgan fingerprint density at radius 2 is 1.53 bits per heavy atom. The average Bonchev–Trinajstić information content (AvgIpc) is 2.24. The largest absolute Gasteiger partial charge is 0.479 e. The van der Waals surface area contributed by atoms with Gasteiger partial charge >= 0.3 is 5.97 Å². The van der Waals surface area contributed by atoms with Crippen LogP contribution in [0.1, 0.15) is 13.8 Å². The Morgan fingerprint density at radius 3 is 1.82 bits per heavy atom. The summed E-state index contributed by atoms with van der Waals surface area (Å²) < 4.78 is 0. The predicted octanol–water partition coefficient (Wildman–Crippen LogP) is -2.94. The molecule has 0 aromatic heterocycles. The van der Waals surface area contributed by atoms with Crippen molar-refractivity contribution >= 4 is 17.5 Å². The van der Waals surface area contributed by atoms with Crippen LogP contribution in [0.5, 0.6) is 0 Å². The summed E-state index contributed by atoms with van der Waals surface area (Å²) in [5.74, 6) is -4.32. The van der Waals surface area contributed by atoms with Crippen molar-refractivity contribution in [3.63, 3.8) is 0 Å². The van der Waals surface area contributed by atoms with E-state index >= 15 is 0 Å². The second-order valence-electron chi connectivity index (χ2n) is 3.78. The Kier molecular flexibility index (Phi) is 4.90. The fourth-order valence-electron chi connectivity index (χ4n) is 1.08. The summed E-state index contributed by atoms with van der Waals surface area (Å²) in [5, 5.41) is 45.7. The monoisotopic (exact) mass is 250 g/mol. The molecule has 0 spiro atoms. The first-order valence-corrected chi connectivity index (χ1v) is 4.57. The van der Waals surface area contributed by atoms with Gasteiger partial charge in [0.05, 0.1) is 0 Å². The van der Waals surface area contributed by atoms with E-state index < -0.39 is 41.4 Å². The predicted molar refractivity (Wildman–Crippen MR) is 52.0 cm³/mol. The van der Waals surface area contributed by atoms with E-state index in [2.05, 4.69) is 0 Å². The average molecular weight is 250 g/mol. The molecule has 0 aliphatic heterocycles. The van der Waals surface area contributed by atoms with Crippen LogP contribution >= 0.6 is 0 Å². The Hall–Kier alpha value is -1.35. The van der Waals surface area contributed by atoms with E-state index in [4.69, 9.17) is 10.2 Å². The van der Waals surface area contributed by atoms with Gasteiger partial charge in [0.15, 0.2) is 11.9 Å².